The van der Waals surface area contributed by atoms with Crippen molar-refractivity contribution < 1.29 is 14.6 Å². The monoisotopic (exact) mass is 272 g/mol. The lowest BCUT2D eigenvalue weighted by atomic mass is 10.2. The Kier molecular flexibility index (Phi) is 4.20. The third kappa shape index (κ3) is 3.06. The number of aromatic hydroxyl groups is 1. The Morgan fingerprint density at radius 1 is 1.35 bits per heavy atom. The molecule has 0 atom stereocenters. The van der Waals surface area contributed by atoms with E-state index in [1.807, 2.05) is 24.3 Å². The summed E-state index contributed by atoms with van der Waals surface area (Å²) in [7, 11) is 3.26. The van der Waals surface area contributed by atoms with Crippen molar-refractivity contribution >= 4 is 5.91 Å². The predicted molar refractivity (Wildman–Crippen MR) is 74.7 cm³/mol. The topological polar surface area (TPSA) is 62.7 Å². The van der Waals surface area contributed by atoms with Crippen LogP contribution < -0.4 is 4.74 Å². The molecule has 0 aliphatic rings. The largest absolute Gasteiger partial charge is 0.505 e. The van der Waals surface area contributed by atoms with Crippen molar-refractivity contribution in [2.24, 2.45) is 0 Å². The predicted octanol–water partition coefficient (Wildman–Crippen LogP) is 2.07. The van der Waals surface area contributed by atoms with E-state index < -0.39 is 0 Å². The van der Waals surface area contributed by atoms with E-state index in [0.717, 1.165) is 11.3 Å². The summed E-state index contributed by atoms with van der Waals surface area (Å²) in [4.78, 5) is 17.6. The fourth-order valence-electron chi connectivity index (χ4n) is 1.86. The first-order chi connectivity index (χ1) is 9.61. The van der Waals surface area contributed by atoms with Gasteiger partial charge in [0.15, 0.2) is 5.69 Å². The van der Waals surface area contributed by atoms with Crippen LogP contribution in [-0.2, 0) is 6.54 Å². The number of carbonyl (C=O) groups is 1. The van der Waals surface area contributed by atoms with Gasteiger partial charge in [-0.05, 0) is 29.8 Å². The van der Waals surface area contributed by atoms with Gasteiger partial charge in [-0.15, -0.1) is 0 Å². The average Bonchev–Trinajstić information content (AvgIpc) is 2.47. The number of amides is 1. The Bertz CT molecular complexity index is 614. The van der Waals surface area contributed by atoms with Gasteiger partial charge in [0.2, 0.25) is 0 Å². The lowest BCUT2D eigenvalue weighted by Crippen LogP contribution is -2.27. The van der Waals surface area contributed by atoms with E-state index in [4.69, 9.17) is 4.74 Å². The van der Waals surface area contributed by atoms with Crippen LogP contribution in [0.3, 0.4) is 0 Å². The summed E-state index contributed by atoms with van der Waals surface area (Å²) in [6.45, 7) is 0.409. The molecular weight excluding hydrogens is 256 g/mol. The first kappa shape index (κ1) is 13.9. The lowest BCUT2D eigenvalue weighted by molar-refractivity contribution is 0.0776. The molecule has 1 amide bonds. The SMILES string of the molecule is COc1cccc(CN(C)C(=O)c2ncccc2O)c1. The van der Waals surface area contributed by atoms with E-state index in [1.54, 1.807) is 20.2 Å². The van der Waals surface area contributed by atoms with E-state index in [2.05, 4.69) is 4.98 Å². The van der Waals surface area contributed by atoms with Gasteiger partial charge in [0.1, 0.15) is 11.5 Å². The highest BCUT2D eigenvalue weighted by Gasteiger charge is 2.17. The number of ether oxygens (including phenoxy) is 1. The molecule has 1 heterocycles. The van der Waals surface area contributed by atoms with Crippen LogP contribution in [-0.4, -0.2) is 35.1 Å². The highest BCUT2D eigenvalue weighted by Crippen LogP contribution is 2.17. The molecule has 0 fully saturated rings. The molecule has 0 aliphatic carbocycles. The molecule has 0 spiro atoms. The maximum atomic E-state index is 12.2. The number of carbonyl (C=O) groups excluding carboxylic acids is 1. The molecular formula is C15H16N2O3. The summed E-state index contributed by atoms with van der Waals surface area (Å²) < 4.78 is 5.14. The smallest absolute Gasteiger partial charge is 0.276 e. The quantitative estimate of drug-likeness (QED) is 0.925. The minimum absolute atomic E-state index is 0.0536. The maximum absolute atomic E-state index is 12.2. The van der Waals surface area contributed by atoms with Crippen molar-refractivity contribution in [1.82, 2.24) is 9.88 Å². The Balaban J connectivity index is 2.13. The normalized spacial score (nSPS) is 10.1. The van der Waals surface area contributed by atoms with E-state index in [9.17, 15) is 9.90 Å². The molecule has 5 heteroatoms. The van der Waals surface area contributed by atoms with Gasteiger partial charge < -0.3 is 14.7 Å². The summed E-state index contributed by atoms with van der Waals surface area (Å²) in [6.07, 6.45) is 1.48. The summed E-state index contributed by atoms with van der Waals surface area (Å²) in [5, 5.41) is 9.65. The van der Waals surface area contributed by atoms with Gasteiger partial charge in [0.25, 0.3) is 5.91 Å². The van der Waals surface area contributed by atoms with Crippen LogP contribution in [0.25, 0.3) is 0 Å². The second-order valence-corrected chi connectivity index (χ2v) is 4.38. The minimum atomic E-state index is -0.328. The molecule has 0 saturated carbocycles. The molecule has 20 heavy (non-hydrogen) atoms. The van der Waals surface area contributed by atoms with Gasteiger partial charge >= 0.3 is 0 Å². The van der Waals surface area contributed by atoms with Crippen molar-refractivity contribution in [3.05, 3.63) is 53.9 Å². The van der Waals surface area contributed by atoms with Gasteiger partial charge in [-0.25, -0.2) is 4.98 Å². The van der Waals surface area contributed by atoms with Gasteiger partial charge in [0.05, 0.1) is 7.11 Å². The van der Waals surface area contributed by atoms with Crippen molar-refractivity contribution in [1.29, 1.82) is 0 Å². The number of nitrogens with zero attached hydrogens (tertiary/aromatic N) is 2. The maximum Gasteiger partial charge on any atom is 0.276 e. The summed E-state index contributed by atoms with van der Waals surface area (Å²) in [6, 6.07) is 10.5. The average molecular weight is 272 g/mol. The number of hydrogen-bond donors (Lipinski definition) is 1. The first-order valence-electron chi connectivity index (χ1n) is 6.14. The van der Waals surface area contributed by atoms with Crippen LogP contribution in [0.5, 0.6) is 11.5 Å². The molecule has 1 aromatic heterocycles. The molecule has 0 radical (unpaired) electrons. The fraction of sp³-hybridized carbons (Fsp3) is 0.200. The van der Waals surface area contributed by atoms with Gasteiger partial charge in [0, 0.05) is 19.8 Å². The van der Waals surface area contributed by atoms with Crippen LogP contribution in [0.15, 0.2) is 42.6 Å². The Labute approximate surface area is 117 Å². The molecule has 0 aliphatic heterocycles. The number of benzene rings is 1. The van der Waals surface area contributed by atoms with Crippen molar-refractivity contribution in [3.8, 4) is 11.5 Å². The standard InChI is InChI=1S/C15H16N2O3/c1-17(10-11-5-3-6-12(9-11)20-2)15(19)14-13(18)7-4-8-16-14/h3-9,18H,10H2,1-2H3. The molecule has 2 aromatic rings. The van der Waals surface area contributed by atoms with E-state index in [-0.39, 0.29) is 17.4 Å². The van der Waals surface area contributed by atoms with Crippen LogP contribution in [0.2, 0.25) is 0 Å². The Hall–Kier alpha value is -2.56. The summed E-state index contributed by atoms with van der Waals surface area (Å²) in [5.74, 6) is 0.296. The lowest BCUT2D eigenvalue weighted by Gasteiger charge is -2.17. The van der Waals surface area contributed by atoms with E-state index in [1.165, 1.54) is 17.2 Å². The van der Waals surface area contributed by atoms with Crippen molar-refractivity contribution in [3.63, 3.8) is 0 Å². The molecule has 2 rings (SSSR count). The molecule has 104 valence electrons. The van der Waals surface area contributed by atoms with Gasteiger partial charge in [-0.2, -0.15) is 0 Å². The second kappa shape index (κ2) is 6.06. The molecule has 1 aromatic carbocycles. The highest BCUT2D eigenvalue weighted by atomic mass is 16.5. The zero-order chi connectivity index (χ0) is 14.5. The number of pyridine rings is 1. The first-order valence-corrected chi connectivity index (χ1v) is 6.14. The molecule has 0 bridgehead atoms. The van der Waals surface area contributed by atoms with E-state index in [0.29, 0.717) is 6.54 Å². The summed E-state index contributed by atoms with van der Waals surface area (Å²) >= 11 is 0. The summed E-state index contributed by atoms with van der Waals surface area (Å²) in [5.41, 5.74) is 0.994. The number of rotatable bonds is 4. The van der Waals surface area contributed by atoms with Crippen LogP contribution in [0, 0.1) is 0 Å². The highest BCUT2D eigenvalue weighted by molar-refractivity contribution is 5.94. The second-order valence-electron chi connectivity index (χ2n) is 4.38. The van der Waals surface area contributed by atoms with E-state index >= 15 is 0 Å². The fourth-order valence-corrected chi connectivity index (χ4v) is 1.86. The Morgan fingerprint density at radius 2 is 2.15 bits per heavy atom. The molecule has 5 nitrogen and oxygen atoms in total. The zero-order valence-corrected chi connectivity index (χ0v) is 11.4. The Morgan fingerprint density at radius 3 is 2.85 bits per heavy atom. The number of aromatic nitrogens is 1. The van der Waals surface area contributed by atoms with Gasteiger partial charge in [-0.1, -0.05) is 12.1 Å². The van der Waals surface area contributed by atoms with Crippen molar-refractivity contribution in [2.45, 2.75) is 6.54 Å². The third-order valence-electron chi connectivity index (χ3n) is 2.89. The zero-order valence-electron chi connectivity index (χ0n) is 11.4. The van der Waals surface area contributed by atoms with Gasteiger partial charge in [-0.3, -0.25) is 4.79 Å². The molecule has 0 unspecified atom stereocenters. The molecule has 0 saturated heterocycles. The van der Waals surface area contributed by atoms with Crippen molar-refractivity contribution in [2.75, 3.05) is 14.2 Å². The minimum Gasteiger partial charge on any atom is -0.505 e. The third-order valence-corrected chi connectivity index (χ3v) is 2.89. The van der Waals surface area contributed by atoms with Crippen LogP contribution >= 0.6 is 0 Å². The van der Waals surface area contributed by atoms with Crippen LogP contribution in [0.4, 0.5) is 0 Å². The number of hydrogen-bond acceptors (Lipinski definition) is 4. The number of methoxy groups -OCH3 is 1. The van der Waals surface area contributed by atoms with Crippen LogP contribution in [0.1, 0.15) is 16.1 Å². The molecule has 1 N–H and O–H groups in total.